The maximum absolute atomic E-state index is 12.0. The van der Waals surface area contributed by atoms with Crippen LogP contribution in [-0.4, -0.2) is 5.91 Å². The molecule has 0 aromatic heterocycles. The maximum atomic E-state index is 12.0. The molecular formula is C17H13ClN2O. The first-order valence-electron chi connectivity index (χ1n) is 6.38. The molecule has 1 amide bonds. The van der Waals surface area contributed by atoms with Gasteiger partial charge >= 0.3 is 0 Å². The van der Waals surface area contributed by atoms with Gasteiger partial charge in [0.25, 0.3) is 5.91 Å². The number of rotatable bonds is 4. The molecule has 104 valence electrons. The lowest BCUT2D eigenvalue weighted by atomic mass is 10.1. The molecule has 0 heterocycles. The van der Waals surface area contributed by atoms with Crippen LogP contribution in [0.15, 0.2) is 60.2 Å². The number of nitriles is 1. The number of nitrogens with zero attached hydrogens (tertiary/aromatic N) is 1. The summed E-state index contributed by atoms with van der Waals surface area (Å²) in [6.07, 6.45) is 1.52. The minimum atomic E-state index is -0.402. The molecule has 0 saturated carbocycles. The Morgan fingerprint density at radius 1 is 1.19 bits per heavy atom. The number of carbonyl (C=O) groups is 1. The van der Waals surface area contributed by atoms with Crippen LogP contribution in [0.1, 0.15) is 11.1 Å². The van der Waals surface area contributed by atoms with E-state index in [-0.39, 0.29) is 5.57 Å². The number of amides is 1. The fourth-order valence-electron chi connectivity index (χ4n) is 1.79. The Bertz CT molecular complexity index is 702. The molecule has 4 heteroatoms. The minimum absolute atomic E-state index is 0.0493. The Labute approximate surface area is 128 Å². The predicted octanol–water partition coefficient (Wildman–Crippen LogP) is 3.56. The van der Waals surface area contributed by atoms with E-state index in [1.54, 1.807) is 24.3 Å². The molecule has 2 aromatic carbocycles. The van der Waals surface area contributed by atoms with E-state index in [2.05, 4.69) is 5.32 Å². The molecule has 0 radical (unpaired) electrons. The van der Waals surface area contributed by atoms with Crippen molar-refractivity contribution < 1.29 is 4.79 Å². The lowest BCUT2D eigenvalue weighted by molar-refractivity contribution is -0.117. The molecule has 1 N–H and O–H groups in total. The van der Waals surface area contributed by atoms with Gasteiger partial charge in [0.05, 0.1) is 0 Å². The highest BCUT2D eigenvalue weighted by Crippen LogP contribution is 2.13. The molecule has 0 aliphatic heterocycles. The number of nitrogens with one attached hydrogen (secondary N) is 1. The molecule has 21 heavy (non-hydrogen) atoms. The van der Waals surface area contributed by atoms with Crippen LogP contribution in [0.25, 0.3) is 6.08 Å². The SMILES string of the molecule is N#C/C(=C\c1cccc(Cl)c1)C(=O)NCc1ccccc1. The topological polar surface area (TPSA) is 52.9 Å². The molecule has 0 fully saturated rings. The average molecular weight is 297 g/mol. The quantitative estimate of drug-likeness (QED) is 0.693. The molecular weight excluding hydrogens is 284 g/mol. The fraction of sp³-hybridized carbons (Fsp3) is 0.0588. The third-order valence-electron chi connectivity index (χ3n) is 2.82. The number of benzene rings is 2. The third kappa shape index (κ3) is 4.48. The van der Waals surface area contributed by atoms with Crippen LogP contribution >= 0.6 is 11.6 Å². The highest BCUT2D eigenvalue weighted by atomic mass is 35.5. The molecule has 0 saturated heterocycles. The summed E-state index contributed by atoms with van der Waals surface area (Å²) in [6, 6.07) is 18.4. The molecule has 2 aromatic rings. The summed E-state index contributed by atoms with van der Waals surface area (Å²) in [5.74, 6) is -0.402. The molecule has 0 aliphatic rings. The summed E-state index contributed by atoms with van der Waals surface area (Å²) in [7, 11) is 0. The maximum Gasteiger partial charge on any atom is 0.262 e. The van der Waals surface area contributed by atoms with Gasteiger partial charge in [-0.05, 0) is 29.3 Å². The van der Waals surface area contributed by atoms with Crippen molar-refractivity contribution in [2.24, 2.45) is 0 Å². The van der Waals surface area contributed by atoms with Crippen molar-refractivity contribution >= 4 is 23.6 Å². The minimum Gasteiger partial charge on any atom is -0.347 e. The summed E-state index contributed by atoms with van der Waals surface area (Å²) in [4.78, 5) is 12.0. The van der Waals surface area contributed by atoms with Gasteiger partial charge in [-0.2, -0.15) is 5.26 Å². The molecule has 0 aliphatic carbocycles. The van der Waals surface area contributed by atoms with E-state index >= 15 is 0 Å². The average Bonchev–Trinajstić information content (AvgIpc) is 2.51. The van der Waals surface area contributed by atoms with Gasteiger partial charge in [-0.1, -0.05) is 54.1 Å². The first-order chi connectivity index (χ1) is 10.2. The van der Waals surface area contributed by atoms with Gasteiger partial charge < -0.3 is 5.32 Å². The van der Waals surface area contributed by atoms with E-state index in [9.17, 15) is 4.79 Å². The van der Waals surface area contributed by atoms with E-state index in [4.69, 9.17) is 16.9 Å². The second-order valence-electron chi connectivity index (χ2n) is 4.39. The van der Waals surface area contributed by atoms with Crippen LogP contribution in [-0.2, 0) is 11.3 Å². The molecule has 0 bridgehead atoms. The second kappa shape index (κ2) is 7.28. The van der Waals surface area contributed by atoms with E-state index in [1.165, 1.54) is 6.08 Å². The smallest absolute Gasteiger partial charge is 0.262 e. The van der Waals surface area contributed by atoms with Gasteiger partial charge in [0, 0.05) is 11.6 Å². The van der Waals surface area contributed by atoms with Crippen molar-refractivity contribution in [1.82, 2.24) is 5.32 Å². The van der Waals surface area contributed by atoms with Gasteiger partial charge in [-0.3, -0.25) is 4.79 Å². The monoisotopic (exact) mass is 296 g/mol. The summed E-state index contributed by atoms with van der Waals surface area (Å²) in [6.45, 7) is 0.383. The van der Waals surface area contributed by atoms with Crippen LogP contribution in [0.5, 0.6) is 0 Å². The Hall–Kier alpha value is -2.57. The summed E-state index contributed by atoms with van der Waals surface area (Å²) in [5.41, 5.74) is 1.74. The fourth-order valence-corrected chi connectivity index (χ4v) is 1.98. The zero-order valence-electron chi connectivity index (χ0n) is 11.2. The van der Waals surface area contributed by atoms with Crippen molar-refractivity contribution in [2.45, 2.75) is 6.54 Å². The third-order valence-corrected chi connectivity index (χ3v) is 3.06. The number of carbonyl (C=O) groups excluding carboxylic acids is 1. The predicted molar refractivity (Wildman–Crippen MR) is 83.3 cm³/mol. The normalized spacial score (nSPS) is 10.8. The van der Waals surface area contributed by atoms with Crippen LogP contribution in [0, 0.1) is 11.3 Å². The van der Waals surface area contributed by atoms with Crippen LogP contribution < -0.4 is 5.32 Å². The van der Waals surface area contributed by atoms with Crippen LogP contribution in [0.2, 0.25) is 5.02 Å². The number of hydrogen-bond donors (Lipinski definition) is 1. The molecule has 0 unspecified atom stereocenters. The van der Waals surface area contributed by atoms with Gasteiger partial charge in [-0.15, -0.1) is 0 Å². The second-order valence-corrected chi connectivity index (χ2v) is 4.83. The molecule has 3 nitrogen and oxygen atoms in total. The molecule has 0 spiro atoms. The van der Waals surface area contributed by atoms with Gasteiger partial charge in [0.15, 0.2) is 0 Å². The van der Waals surface area contributed by atoms with Crippen LogP contribution in [0.4, 0.5) is 0 Å². The van der Waals surface area contributed by atoms with Gasteiger partial charge in [-0.25, -0.2) is 0 Å². The molecule has 0 atom stereocenters. The van der Waals surface area contributed by atoms with E-state index in [0.29, 0.717) is 17.1 Å². The Balaban J connectivity index is 2.07. The van der Waals surface area contributed by atoms with E-state index < -0.39 is 5.91 Å². The van der Waals surface area contributed by atoms with Crippen molar-refractivity contribution in [1.29, 1.82) is 5.26 Å². The van der Waals surface area contributed by atoms with E-state index in [1.807, 2.05) is 36.4 Å². The zero-order valence-corrected chi connectivity index (χ0v) is 12.0. The lowest BCUT2D eigenvalue weighted by Crippen LogP contribution is -2.23. The summed E-state index contributed by atoms with van der Waals surface area (Å²) in [5, 5.41) is 12.4. The number of hydrogen-bond acceptors (Lipinski definition) is 2. The highest BCUT2D eigenvalue weighted by Gasteiger charge is 2.08. The van der Waals surface area contributed by atoms with E-state index in [0.717, 1.165) is 5.56 Å². The summed E-state index contributed by atoms with van der Waals surface area (Å²) < 4.78 is 0. The Morgan fingerprint density at radius 3 is 2.62 bits per heavy atom. The van der Waals surface area contributed by atoms with Crippen molar-refractivity contribution in [3.05, 3.63) is 76.3 Å². The van der Waals surface area contributed by atoms with Crippen molar-refractivity contribution in [3.8, 4) is 6.07 Å². The van der Waals surface area contributed by atoms with Crippen molar-refractivity contribution in [3.63, 3.8) is 0 Å². The van der Waals surface area contributed by atoms with Gasteiger partial charge in [0.1, 0.15) is 11.6 Å². The zero-order chi connectivity index (χ0) is 15.1. The first-order valence-corrected chi connectivity index (χ1v) is 6.76. The highest BCUT2D eigenvalue weighted by molar-refractivity contribution is 6.30. The standard InChI is InChI=1S/C17H13ClN2O/c18-16-8-4-7-14(10-16)9-15(11-19)17(21)20-12-13-5-2-1-3-6-13/h1-10H,12H2,(H,20,21)/b15-9+. The largest absolute Gasteiger partial charge is 0.347 e. The molecule has 2 rings (SSSR count). The summed E-state index contributed by atoms with van der Waals surface area (Å²) >= 11 is 5.88. The van der Waals surface area contributed by atoms with Gasteiger partial charge in [0.2, 0.25) is 0 Å². The van der Waals surface area contributed by atoms with Crippen molar-refractivity contribution in [2.75, 3.05) is 0 Å². The first kappa shape index (κ1) is 14.8. The Morgan fingerprint density at radius 2 is 1.95 bits per heavy atom. The van der Waals surface area contributed by atoms with Crippen LogP contribution in [0.3, 0.4) is 0 Å². The Kier molecular flexibility index (Phi) is 5.14. The number of halogens is 1. The lowest BCUT2D eigenvalue weighted by Gasteiger charge is -2.04.